The van der Waals surface area contributed by atoms with Crippen LogP contribution < -0.4 is 5.32 Å². The molecule has 0 radical (unpaired) electrons. The van der Waals surface area contributed by atoms with Crippen molar-refractivity contribution in [2.75, 3.05) is 0 Å². The molecule has 1 aliphatic carbocycles. The molecule has 0 atom stereocenters. The lowest BCUT2D eigenvalue weighted by Crippen LogP contribution is -2.34. The van der Waals surface area contributed by atoms with Crippen LogP contribution in [0.2, 0.25) is 0 Å². The molecule has 0 spiro atoms. The van der Waals surface area contributed by atoms with Crippen molar-refractivity contribution < 1.29 is 19.1 Å². The van der Waals surface area contributed by atoms with Crippen molar-refractivity contribution in [3.8, 4) is 0 Å². The molecule has 7 heteroatoms. The average molecular weight is 320 g/mol. The average Bonchev–Trinajstić information content (AvgIpc) is 3.17. The second-order valence-corrected chi connectivity index (χ2v) is 6.15. The zero-order valence-corrected chi connectivity index (χ0v) is 12.3. The Bertz CT molecular complexity index is 723. The number of hydrogen-bond acceptors (Lipinski definition) is 4. The van der Waals surface area contributed by atoms with E-state index in [0.29, 0.717) is 5.01 Å². The van der Waals surface area contributed by atoms with Crippen LogP contribution in [0.15, 0.2) is 29.6 Å². The van der Waals surface area contributed by atoms with Crippen molar-refractivity contribution in [1.29, 1.82) is 0 Å². The highest BCUT2D eigenvalue weighted by atomic mass is 32.1. The summed E-state index contributed by atoms with van der Waals surface area (Å²) >= 11 is 1.19. The summed E-state index contributed by atoms with van der Waals surface area (Å²) in [6, 6.07) is 5.97. The second kappa shape index (κ2) is 5.49. The zero-order valence-electron chi connectivity index (χ0n) is 11.5. The number of rotatable bonds is 5. The van der Waals surface area contributed by atoms with E-state index >= 15 is 0 Å². The van der Waals surface area contributed by atoms with E-state index in [1.807, 2.05) is 0 Å². The Balaban J connectivity index is 1.66. The van der Waals surface area contributed by atoms with E-state index in [4.69, 9.17) is 5.11 Å². The van der Waals surface area contributed by atoms with Crippen molar-refractivity contribution in [2.24, 2.45) is 0 Å². The maximum Gasteiger partial charge on any atom is 0.355 e. The third kappa shape index (κ3) is 2.71. The molecular weight excluding hydrogens is 307 g/mol. The normalized spacial score (nSPS) is 15.3. The molecule has 0 saturated heterocycles. The van der Waals surface area contributed by atoms with Crippen LogP contribution in [0.4, 0.5) is 4.39 Å². The van der Waals surface area contributed by atoms with Crippen LogP contribution in [-0.4, -0.2) is 22.0 Å². The molecule has 5 nitrogen and oxygen atoms in total. The molecule has 1 aliphatic rings. The molecule has 3 rings (SSSR count). The summed E-state index contributed by atoms with van der Waals surface area (Å²) < 4.78 is 13.0. The van der Waals surface area contributed by atoms with Crippen LogP contribution >= 0.6 is 11.3 Å². The standard InChI is InChI=1S/C15H13FN2O3S/c16-10-3-1-9(2-4-10)15(5-6-15)14(21)17-7-12-18-11(8-22-12)13(19)20/h1-4,8H,5-7H2,(H,17,21)(H,19,20). The lowest BCUT2D eigenvalue weighted by Gasteiger charge is -2.15. The molecule has 1 aromatic carbocycles. The van der Waals surface area contributed by atoms with E-state index in [1.165, 1.54) is 28.8 Å². The summed E-state index contributed by atoms with van der Waals surface area (Å²) in [5.74, 6) is -1.55. The number of hydrogen-bond donors (Lipinski definition) is 2. The number of benzene rings is 1. The van der Waals surface area contributed by atoms with Gasteiger partial charge in [-0.05, 0) is 30.5 Å². The summed E-state index contributed by atoms with van der Waals surface area (Å²) in [4.78, 5) is 27.1. The van der Waals surface area contributed by atoms with E-state index in [0.717, 1.165) is 18.4 Å². The fraction of sp³-hybridized carbons (Fsp3) is 0.267. The molecule has 22 heavy (non-hydrogen) atoms. The SMILES string of the molecule is O=C(O)c1csc(CNC(=O)C2(c3ccc(F)cc3)CC2)n1. The molecule has 0 unspecified atom stereocenters. The Morgan fingerprint density at radius 1 is 1.32 bits per heavy atom. The van der Waals surface area contributed by atoms with E-state index in [2.05, 4.69) is 10.3 Å². The number of carboxylic acid groups (broad SMARTS) is 1. The van der Waals surface area contributed by atoms with E-state index in [-0.39, 0.29) is 24.0 Å². The number of carbonyl (C=O) groups excluding carboxylic acids is 1. The van der Waals surface area contributed by atoms with Crippen LogP contribution in [0.5, 0.6) is 0 Å². The molecule has 1 aromatic heterocycles. The second-order valence-electron chi connectivity index (χ2n) is 5.20. The van der Waals surface area contributed by atoms with Crippen molar-refractivity contribution in [1.82, 2.24) is 10.3 Å². The van der Waals surface area contributed by atoms with Gasteiger partial charge in [0.15, 0.2) is 5.69 Å². The number of thiazole rings is 1. The number of nitrogens with zero attached hydrogens (tertiary/aromatic N) is 1. The largest absolute Gasteiger partial charge is 0.476 e. The number of carbonyl (C=O) groups is 2. The molecule has 114 valence electrons. The Morgan fingerprint density at radius 3 is 2.55 bits per heavy atom. The van der Waals surface area contributed by atoms with Crippen molar-refractivity contribution >= 4 is 23.2 Å². The van der Waals surface area contributed by atoms with Gasteiger partial charge in [-0.1, -0.05) is 12.1 Å². The van der Waals surface area contributed by atoms with Crippen molar-refractivity contribution in [2.45, 2.75) is 24.8 Å². The van der Waals surface area contributed by atoms with Gasteiger partial charge in [0.05, 0.1) is 12.0 Å². The number of carboxylic acids is 1. The third-order valence-corrected chi connectivity index (χ3v) is 4.60. The Labute approximate surface area is 129 Å². The summed E-state index contributed by atoms with van der Waals surface area (Å²) in [6.45, 7) is 0.194. The number of nitrogens with one attached hydrogen (secondary N) is 1. The minimum absolute atomic E-state index is 0.0195. The van der Waals surface area contributed by atoms with Gasteiger partial charge < -0.3 is 10.4 Å². The summed E-state index contributed by atoms with van der Waals surface area (Å²) in [7, 11) is 0. The lowest BCUT2D eigenvalue weighted by atomic mass is 9.95. The number of aromatic carboxylic acids is 1. The smallest absolute Gasteiger partial charge is 0.355 e. The highest BCUT2D eigenvalue weighted by Gasteiger charge is 2.51. The Kier molecular flexibility index (Phi) is 3.66. The molecular formula is C15H13FN2O3S. The van der Waals surface area contributed by atoms with Gasteiger partial charge in [0.2, 0.25) is 5.91 Å². The van der Waals surface area contributed by atoms with Gasteiger partial charge in [-0.25, -0.2) is 14.2 Å². The fourth-order valence-corrected chi connectivity index (χ4v) is 3.06. The van der Waals surface area contributed by atoms with Crippen LogP contribution in [0.3, 0.4) is 0 Å². The number of amides is 1. The topological polar surface area (TPSA) is 79.3 Å². The molecule has 2 aromatic rings. The molecule has 2 N–H and O–H groups in total. The molecule has 1 heterocycles. The van der Waals surface area contributed by atoms with Gasteiger partial charge in [0.25, 0.3) is 0 Å². The first-order valence-corrected chi connectivity index (χ1v) is 7.61. The first kappa shape index (κ1) is 14.6. The Morgan fingerprint density at radius 2 is 2.00 bits per heavy atom. The minimum atomic E-state index is -1.08. The van der Waals surface area contributed by atoms with Gasteiger partial charge in [-0.15, -0.1) is 11.3 Å². The van der Waals surface area contributed by atoms with E-state index in [9.17, 15) is 14.0 Å². The highest BCUT2D eigenvalue weighted by molar-refractivity contribution is 7.09. The van der Waals surface area contributed by atoms with Crippen LogP contribution in [0.1, 0.15) is 33.9 Å². The van der Waals surface area contributed by atoms with Gasteiger partial charge in [0.1, 0.15) is 10.8 Å². The van der Waals surface area contributed by atoms with Crippen molar-refractivity contribution in [3.63, 3.8) is 0 Å². The molecule has 1 amide bonds. The molecule has 1 fully saturated rings. The zero-order chi connectivity index (χ0) is 15.7. The summed E-state index contributed by atoms with van der Waals surface area (Å²) in [6.07, 6.45) is 1.45. The number of aromatic nitrogens is 1. The molecule has 1 saturated carbocycles. The third-order valence-electron chi connectivity index (χ3n) is 3.75. The Hall–Kier alpha value is -2.28. The first-order valence-electron chi connectivity index (χ1n) is 6.73. The van der Waals surface area contributed by atoms with Gasteiger partial charge in [0, 0.05) is 5.38 Å². The number of halogens is 1. The van der Waals surface area contributed by atoms with E-state index in [1.54, 1.807) is 12.1 Å². The summed E-state index contributed by atoms with van der Waals surface area (Å²) in [5.41, 5.74) is 0.200. The molecule has 0 aliphatic heterocycles. The highest BCUT2D eigenvalue weighted by Crippen LogP contribution is 2.48. The minimum Gasteiger partial charge on any atom is -0.476 e. The predicted octanol–water partition coefficient (Wildman–Crippen LogP) is 2.33. The summed E-state index contributed by atoms with van der Waals surface area (Å²) in [5, 5.41) is 13.6. The van der Waals surface area contributed by atoms with Crippen LogP contribution in [0.25, 0.3) is 0 Å². The predicted molar refractivity (Wildman–Crippen MR) is 78.2 cm³/mol. The van der Waals surface area contributed by atoms with Gasteiger partial charge >= 0.3 is 5.97 Å². The first-order chi connectivity index (χ1) is 10.5. The van der Waals surface area contributed by atoms with Gasteiger partial charge in [-0.3, -0.25) is 4.79 Å². The van der Waals surface area contributed by atoms with Crippen LogP contribution in [-0.2, 0) is 16.8 Å². The van der Waals surface area contributed by atoms with Crippen LogP contribution in [0, 0.1) is 5.82 Å². The molecule has 0 bridgehead atoms. The van der Waals surface area contributed by atoms with E-state index < -0.39 is 11.4 Å². The maximum atomic E-state index is 13.0. The van der Waals surface area contributed by atoms with Crippen molar-refractivity contribution in [3.05, 3.63) is 51.7 Å². The fourth-order valence-electron chi connectivity index (χ4n) is 2.36. The van der Waals surface area contributed by atoms with Gasteiger partial charge in [-0.2, -0.15) is 0 Å². The maximum absolute atomic E-state index is 13.0. The monoisotopic (exact) mass is 320 g/mol. The quantitative estimate of drug-likeness (QED) is 0.886. The lowest BCUT2D eigenvalue weighted by molar-refractivity contribution is -0.123.